The molecule has 0 fully saturated rings. The van der Waals surface area contributed by atoms with Crippen molar-refractivity contribution in [1.29, 1.82) is 0 Å². The molecule has 8 heteroatoms. The van der Waals surface area contributed by atoms with Crippen LogP contribution in [0.2, 0.25) is 0 Å². The van der Waals surface area contributed by atoms with Crippen LogP contribution in [0.1, 0.15) is 37.8 Å². The summed E-state index contributed by atoms with van der Waals surface area (Å²) in [7, 11) is -4.91. The number of terminal acetylenes is 1. The minimum atomic E-state index is -4.91. The van der Waals surface area contributed by atoms with E-state index in [0.717, 1.165) is 41.1 Å². The number of aromatic nitrogens is 3. The smallest absolute Gasteiger partial charge is 0.333 e. The Balaban J connectivity index is 1.89. The van der Waals surface area contributed by atoms with Crippen LogP contribution in [0.15, 0.2) is 58.5 Å². The molecule has 0 saturated heterocycles. The van der Waals surface area contributed by atoms with Gasteiger partial charge in [0.15, 0.2) is 5.43 Å². The topological polar surface area (TPSA) is 84.8 Å². The summed E-state index contributed by atoms with van der Waals surface area (Å²) in [6.45, 7) is 4.64. The molecule has 0 radical (unpaired) electrons. The van der Waals surface area contributed by atoms with Crippen molar-refractivity contribution in [1.82, 2.24) is 14.5 Å². The molecule has 1 N–H and O–H groups in total. The number of benzene rings is 2. The zero-order chi connectivity index (χ0) is 25.6. The first kappa shape index (κ1) is 23.8. The predicted molar refractivity (Wildman–Crippen MR) is 141 cm³/mol. The van der Waals surface area contributed by atoms with Gasteiger partial charge in [-0.2, -0.15) is 8.42 Å². The Hall–Kier alpha value is -3.96. The summed E-state index contributed by atoms with van der Waals surface area (Å²) in [5, 5.41) is 1.98. The van der Waals surface area contributed by atoms with Crippen LogP contribution in [0.5, 0.6) is 0 Å². The zero-order valence-corrected chi connectivity index (χ0v) is 20.7. The van der Waals surface area contributed by atoms with Crippen LogP contribution < -0.4 is 5.43 Å². The highest BCUT2D eigenvalue weighted by molar-refractivity contribution is 7.86. The Morgan fingerprint density at radius 3 is 2.61 bits per heavy atom. The van der Waals surface area contributed by atoms with Crippen LogP contribution >= 0.6 is 0 Å². The van der Waals surface area contributed by atoms with Gasteiger partial charge in [-0.3, -0.25) is 9.78 Å². The van der Waals surface area contributed by atoms with Crippen LogP contribution in [0, 0.1) is 12.3 Å². The van der Waals surface area contributed by atoms with Gasteiger partial charge in [0.2, 0.25) is 0 Å². The van der Waals surface area contributed by atoms with E-state index in [-0.39, 0.29) is 5.43 Å². The van der Waals surface area contributed by atoms with Gasteiger partial charge < -0.3 is 9.55 Å². The maximum Gasteiger partial charge on any atom is 0.333 e. The Morgan fingerprint density at radius 1 is 1.11 bits per heavy atom. The van der Waals surface area contributed by atoms with Crippen LogP contribution in [0.4, 0.5) is 3.89 Å². The molecule has 0 aliphatic rings. The van der Waals surface area contributed by atoms with Crippen molar-refractivity contribution >= 4 is 43.1 Å². The molecule has 5 rings (SSSR count). The second-order valence-electron chi connectivity index (χ2n) is 8.80. The van der Waals surface area contributed by atoms with Gasteiger partial charge in [-0.15, -0.1) is 10.3 Å². The number of halogens is 1. The number of nitrogens with zero attached hydrogens (tertiary/aromatic N) is 2. The zero-order valence-electron chi connectivity index (χ0n) is 19.9. The molecule has 0 amide bonds. The highest BCUT2D eigenvalue weighted by Crippen LogP contribution is 2.33. The molecule has 0 atom stereocenters. The van der Waals surface area contributed by atoms with E-state index in [1.807, 2.05) is 41.8 Å². The first-order chi connectivity index (χ1) is 17.3. The van der Waals surface area contributed by atoms with Gasteiger partial charge in [0, 0.05) is 46.4 Å². The standard InChI is InChI=1S/C28H24FN3O3S/c1-4-7-8-18-13-23-25(14-22(18)19-12-20(16-30-15-19)36(29,34)35)32(6-3)28-26(27(23)33)21-10-9-17(5-2)11-24(21)31-28/h2,9-16,31H,4,6-8H2,1,3H3. The van der Waals surface area contributed by atoms with Crippen molar-refractivity contribution in [2.24, 2.45) is 0 Å². The summed E-state index contributed by atoms with van der Waals surface area (Å²) in [6.07, 6.45) is 10.6. The van der Waals surface area contributed by atoms with E-state index in [4.69, 9.17) is 6.42 Å². The maximum absolute atomic E-state index is 13.8. The first-order valence-electron chi connectivity index (χ1n) is 11.8. The van der Waals surface area contributed by atoms with Crippen LogP contribution in [0.25, 0.3) is 44.0 Å². The molecule has 0 bridgehead atoms. The average Bonchev–Trinajstić information content (AvgIpc) is 3.25. The number of aromatic amines is 1. The monoisotopic (exact) mass is 501 g/mol. The molecule has 0 spiro atoms. The molecule has 3 aromatic heterocycles. The van der Waals surface area contributed by atoms with E-state index < -0.39 is 15.1 Å². The highest BCUT2D eigenvalue weighted by atomic mass is 32.3. The van der Waals surface area contributed by atoms with Gasteiger partial charge in [-0.05, 0) is 61.2 Å². The Labute approximate surface area is 208 Å². The molecule has 0 saturated carbocycles. The Kier molecular flexibility index (Phi) is 5.89. The second kappa shape index (κ2) is 8.92. The molecule has 36 heavy (non-hydrogen) atoms. The fourth-order valence-corrected chi connectivity index (χ4v) is 5.32. The number of rotatable bonds is 6. The lowest BCUT2D eigenvalue weighted by Crippen LogP contribution is -2.11. The van der Waals surface area contributed by atoms with Crippen molar-refractivity contribution in [2.45, 2.75) is 44.6 Å². The van der Waals surface area contributed by atoms with Gasteiger partial charge in [-0.25, -0.2) is 0 Å². The minimum Gasteiger partial charge on any atom is -0.340 e. The molecular formula is C28H24FN3O3S. The average molecular weight is 502 g/mol. The largest absolute Gasteiger partial charge is 0.340 e. The van der Waals surface area contributed by atoms with Crippen LogP contribution in [-0.4, -0.2) is 23.0 Å². The summed E-state index contributed by atoms with van der Waals surface area (Å²) in [5.74, 6) is 2.63. The lowest BCUT2D eigenvalue weighted by molar-refractivity contribution is 0.551. The summed E-state index contributed by atoms with van der Waals surface area (Å²) < 4.78 is 38.9. The van der Waals surface area contributed by atoms with Gasteiger partial charge in [-0.1, -0.05) is 25.3 Å². The number of hydrogen-bond acceptors (Lipinski definition) is 4. The van der Waals surface area contributed by atoms with Crippen LogP contribution in [-0.2, 0) is 23.2 Å². The summed E-state index contributed by atoms with van der Waals surface area (Å²) in [5.41, 5.74) is 4.88. The lowest BCUT2D eigenvalue weighted by atomic mass is 9.94. The molecule has 3 heterocycles. The maximum atomic E-state index is 13.8. The van der Waals surface area contributed by atoms with E-state index >= 15 is 0 Å². The fourth-order valence-electron chi connectivity index (χ4n) is 4.87. The number of pyridine rings is 2. The third-order valence-corrected chi connectivity index (χ3v) is 7.41. The number of unbranched alkanes of at least 4 members (excludes halogenated alkanes) is 1. The quantitative estimate of drug-likeness (QED) is 0.239. The van der Waals surface area contributed by atoms with Crippen molar-refractivity contribution < 1.29 is 12.3 Å². The molecule has 0 unspecified atom stereocenters. The predicted octanol–water partition coefficient (Wildman–Crippen LogP) is 5.70. The lowest BCUT2D eigenvalue weighted by Gasteiger charge is -2.16. The van der Waals surface area contributed by atoms with Crippen molar-refractivity contribution in [2.75, 3.05) is 0 Å². The third-order valence-electron chi connectivity index (χ3n) is 6.62. The summed E-state index contributed by atoms with van der Waals surface area (Å²) >= 11 is 0. The van der Waals surface area contributed by atoms with E-state index in [2.05, 4.69) is 22.8 Å². The highest BCUT2D eigenvalue weighted by Gasteiger charge is 2.20. The molecule has 182 valence electrons. The van der Waals surface area contributed by atoms with E-state index in [0.29, 0.717) is 46.0 Å². The SMILES string of the molecule is C#Cc1ccc2c(c1)[nH]c1c2c(=O)c2cc(CCCC)c(-c3cncc(S(=O)(=O)F)c3)cc2n1CC. The molecule has 6 nitrogen and oxygen atoms in total. The summed E-state index contributed by atoms with van der Waals surface area (Å²) in [4.78, 5) is 20.7. The van der Waals surface area contributed by atoms with Crippen molar-refractivity contribution in [3.8, 4) is 23.5 Å². The minimum absolute atomic E-state index is 0.0908. The number of fused-ring (bicyclic) bond motifs is 4. The van der Waals surface area contributed by atoms with Crippen molar-refractivity contribution in [3.63, 3.8) is 0 Å². The first-order valence-corrected chi connectivity index (χ1v) is 13.2. The summed E-state index contributed by atoms with van der Waals surface area (Å²) in [6, 6.07) is 10.6. The second-order valence-corrected chi connectivity index (χ2v) is 10.2. The number of H-pyrrole nitrogens is 1. The third kappa shape index (κ3) is 3.86. The molecule has 2 aromatic carbocycles. The van der Waals surface area contributed by atoms with E-state index in [1.165, 1.54) is 12.3 Å². The number of nitrogens with one attached hydrogen (secondary N) is 1. The van der Waals surface area contributed by atoms with Gasteiger partial charge in [0.05, 0.1) is 10.9 Å². The molecular weight excluding hydrogens is 477 g/mol. The molecule has 5 aromatic rings. The van der Waals surface area contributed by atoms with E-state index in [9.17, 15) is 17.1 Å². The van der Waals surface area contributed by atoms with Gasteiger partial charge >= 0.3 is 10.2 Å². The Morgan fingerprint density at radius 2 is 1.92 bits per heavy atom. The fraction of sp³-hybridized carbons (Fsp3) is 0.214. The molecule has 0 aliphatic heterocycles. The van der Waals surface area contributed by atoms with E-state index in [1.54, 1.807) is 0 Å². The van der Waals surface area contributed by atoms with Gasteiger partial charge in [0.25, 0.3) is 0 Å². The van der Waals surface area contributed by atoms with Crippen LogP contribution in [0.3, 0.4) is 0 Å². The van der Waals surface area contributed by atoms with Crippen molar-refractivity contribution in [3.05, 3.63) is 70.1 Å². The number of hydrogen-bond donors (Lipinski definition) is 1. The Bertz CT molecular complexity index is 1880. The van der Waals surface area contributed by atoms with Gasteiger partial charge in [0.1, 0.15) is 10.5 Å². The number of aryl methyl sites for hydroxylation is 2. The molecule has 0 aliphatic carbocycles. The normalized spacial score (nSPS) is 11.9.